The van der Waals surface area contributed by atoms with Gasteiger partial charge in [-0.3, -0.25) is 24.1 Å². The third-order valence-electron chi connectivity index (χ3n) is 3.61. The Labute approximate surface area is 141 Å². The van der Waals surface area contributed by atoms with Gasteiger partial charge in [-0.25, -0.2) is 9.97 Å². The number of hydrogen-bond acceptors (Lipinski definition) is 6. The number of imide groups is 1. The van der Waals surface area contributed by atoms with Gasteiger partial charge in [-0.2, -0.15) is 0 Å². The molecule has 3 rings (SSSR count). The Hall–Kier alpha value is -3.62. The van der Waals surface area contributed by atoms with Gasteiger partial charge >= 0.3 is 0 Å². The maximum Gasteiger partial charge on any atom is 0.281 e. The van der Waals surface area contributed by atoms with Gasteiger partial charge in [-0.05, 0) is 24.3 Å². The van der Waals surface area contributed by atoms with Crippen LogP contribution in [0.1, 0.15) is 37.8 Å². The predicted molar refractivity (Wildman–Crippen MR) is 85.6 cm³/mol. The monoisotopic (exact) mass is 339 g/mol. The first-order chi connectivity index (χ1) is 12.0. The van der Waals surface area contributed by atoms with Crippen molar-refractivity contribution in [3.8, 4) is 0 Å². The molecule has 0 bridgehead atoms. The number of hydrogen-bond donors (Lipinski definition) is 2. The molecule has 9 nitrogen and oxygen atoms in total. The van der Waals surface area contributed by atoms with Crippen LogP contribution >= 0.6 is 0 Å². The van der Waals surface area contributed by atoms with Gasteiger partial charge in [-0.15, -0.1) is 0 Å². The molecule has 0 spiro atoms. The number of anilines is 1. The fourth-order valence-corrected chi connectivity index (χ4v) is 2.36. The number of nitrogens with zero attached hydrogens (tertiary/aromatic N) is 3. The summed E-state index contributed by atoms with van der Waals surface area (Å²) in [6, 6.07) is 6.04. The van der Waals surface area contributed by atoms with Crippen molar-refractivity contribution in [2.45, 2.75) is 6.42 Å². The summed E-state index contributed by atoms with van der Waals surface area (Å²) in [4.78, 5) is 55.8. The molecule has 0 fully saturated rings. The van der Waals surface area contributed by atoms with Crippen LogP contribution in [0, 0.1) is 0 Å². The number of fused-ring (bicyclic) bond motifs is 1. The first-order valence-corrected chi connectivity index (χ1v) is 7.34. The molecule has 2 aromatic rings. The van der Waals surface area contributed by atoms with Crippen LogP contribution in [0.5, 0.6) is 0 Å². The standard InChI is InChI=1S/C16H13N5O4/c17-14(23)9-1-3-10(4-2-9)20-11(22)5-8-21-15(24)12-13(16(21)25)19-7-6-18-12/h1-4,6-7H,5,8H2,(H2,17,23)(H,20,22). The molecule has 0 saturated heterocycles. The Kier molecular flexibility index (Phi) is 4.21. The highest BCUT2D eigenvalue weighted by Crippen LogP contribution is 2.18. The van der Waals surface area contributed by atoms with E-state index in [0.717, 1.165) is 4.90 Å². The van der Waals surface area contributed by atoms with E-state index in [1.165, 1.54) is 36.7 Å². The van der Waals surface area contributed by atoms with Crippen LogP contribution in [0.3, 0.4) is 0 Å². The van der Waals surface area contributed by atoms with Gasteiger partial charge in [0.05, 0.1) is 0 Å². The quantitative estimate of drug-likeness (QED) is 0.747. The molecule has 4 amide bonds. The predicted octanol–water partition coefficient (Wildman–Crippen LogP) is 0.200. The summed E-state index contributed by atoms with van der Waals surface area (Å²) in [7, 11) is 0. The highest BCUT2D eigenvalue weighted by Gasteiger charge is 2.37. The number of amides is 4. The Morgan fingerprint density at radius 3 is 2.08 bits per heavy atom. The summed E-state index contributed by atoms with van der Waals surface area (Å²) in [5.41, 5.74) is 5.93. The molecule has 0 aliphatic carbocycles. The molecular formula is C16H13N5O4. The third kappa shape index (κ3) is 3.20. The first-order valence-electron chi connectivity index (χ1n) is 7.34. The fraction of sp³-hybridized carbons (Fsp3) is 0.125. The summed E-state index contributed by atoms with van der Waals surface area (Å²) in [6.45, 7) is -0.0824. The van der Waals surface area contributed by atoms with Gasteiger partial charge in [0.1, 0.15) is 0 Å². The zero-order valence-electron chi connectivity index (χ0n) is 12.9. The van der Waals surface area contributed by atoms with Crippen LogP contribution in [-0.4, -0.2) is 45.0 Å². The first kappa shape index (κ1) is 16.2. The van der Waals surface area contributed by atoms with Gasteiger partial charge < -0.3 is 11.1 Å². The summed E-state index contributed by atoms with van der Waals surface area (Å²) in [6.07, 6.45) is 2.58. The van der Waals surface area contributed by atoms with Crippen LogP contribution in [0.4, 0.5) is 5.69 Å². The zero-order chi connectivity index (χ0) is 18.0. The van der Waals surface area contributed by atoms with Gasteiger partial charge in [0.25, 0.3) is 11.8 Å². The van der Waals surface area contributed by atoms with E-state index >= 15 is 0 Å². The van der Waals surface area contributed by atoms with E-state index in [1.807, 2.05) is 0 Å². The second kappa shape index (κ2) is 6.48. The molecule has 126 valence electrons. The molecule has 1 aromatic heterocycles. The van der Waals surface area contributed by atoms with Crippen molar-refractivity contribution >= 4 is 29.3 Å². The van der Waals surface area contributed by atoms with E-state index in [0.29, 0.717) is 11.3 Å². The van der Waals surface area contributed by atoms with E-state index in [-0.39, 0.29) is 30.3 Å². The number of nitrogens with two attached hydrogens (primary N) is 1. The SMILES string of the molecule is NC(=O)c1ccc(NC(=O)CCN2C(=O)c3nccnc3C2=O)cc1. The molecule has 2 heterocycles. The van der Waals surface area contributed by atoms with Crippen molar-refractivity contribution in [2.24, 2.45) is 5.73 Å². The van der Waals surface area contributed by atoms with Crippen molar-refractivity contribution in [3.63, 3.8) is 0 Å². The number of rotatable bonds is 5. The lowest BCUT2D eigenvalue weighted by atomic mass is 10.2. The summed E-state index contributed by atoms with van der Waals surface area (Å²) < 4.78 is 0. The van der Waals surface area contributed by atoms with Crippen LogP contribution in [0.25, 0.3) is 0 Å². The third-order valence-corrected chi connectivity index (χ3v) is 3.61. The topological polar surface area (TPSA) is 135 Å². The second-order valence-corrected chi connectivity index (χ2v) is 5.26. The minimum absolute atomic E-state index is 0.00468. The number of nitrogens with one attached hydrogen (secondary N) is 1. The molecule has 0 unspecified atom stereocenters. The average molecular weight is 339 g/mol. The number of carbonyl (C=O) groups is 4. The normalized spacial score (nSPS) is 12.9. The average Bonchev–Trinajstić information content (AvgIpc) is 2.85. The smallest absolute Gasteiger partial charge is 0.281 e. The lowest BCUT2D eigenvalue weighted by molar-refractivity contribution is -0.116. The fourth-order valence-electron chi connectivity index (χ4n) is 2.36. The van der Waals surface area contributed by atoms with E-state index in [4.69, 9.17) is 5.73 Å². The van der Waals surface area contributed by atoms with Crippen LogP contribution in [0.15, 0.2) is 36.7 Å². The maximum absolute atomic E-state index is 12.1. The van der Waals surface area contributed by atoms with Crippen LogP contribution in [-0.2, 0) is 4.79 Å². The summed E-state index contributed by atoms with van der Waals surface area (Å²) in [5, 5.41) is 2.61. The summed E-state index contributed by atoms with van der Waals surface area (Å²) >= 11 is 0. The van der Waals surface area contributed by atoms with Gasteiger partial charge in [0.2, 0.25) is 11.8 Å². The lowest BCUT2D eigenvalue weighted by Crippen LogP contribution is -2.33. The second-order valence-electron chi connectivity index (χ2n) is 5.26. The van der Waals surface area contributed by atoms with Gasteiger partial charge in [0, 0.05) is 36.6 Å². The van der Waals surface area contributed by atoms with Crippen molar-refractivity contribution in [1.82, 2.24) is 14.9 Å². The largest absolute Gasteiger partial charge is 0.366 e. The van der Waals surface area contributed by atoms with Crippen molar-refractivity contribution in [1.29, 1.82) is 0 Å². The molecule has 1 aromatic carbocycles. The lowest BCUT2D eigenvalue weighted by Gasteiger charge is -2.13. The molecule has 1 aliphatic rings. The molecule has 25 heavy (non-hydrogen) atoms. The Bertz CT molecular complexity index is 843. The van der Waals surface area contributed by atoms with Crippen LogP contribution in [0.2, 0.25) is 0 Å². The van der Waals surface area contributed by atoms with Crippen LogP contribution < -0.4 is 11.1 Å². The highest BCUT2D eigenvalue weighted by molar-refractivity contribution is 6.19. The summed E-state index contributed by atoms with van der Waals surface area (Å²) in [5.74, 6) is -2.08. The van der Waals surface area contributed by atoms with Crippen molar-refractivity contribution in [2.75, 3.05) is 11.9 Å². The minimum atomic E-state index is -0.564. The van der Waals surface area contributed by atoms with Crippen molar-refractivity contribution in [3.05, 3.63) is 53.6 Å². The van der Waals surface area contributed by atoms with E-state index in [1.54, 1.807) is 0 Å². The molecule has 0 atom stereocenters. The Balaban J connectivity index is 1.59. The minimum Gasteiger partial charge on any atom is -0.366 e. The van der Waals surface area contributed by atoms with Gasteiger partial charge in [0.15, 0.2) is 11.4 Å². The van der Waals surface area contributed by atoms with E-state index < -0.39 is 17.7 Å². The molecule has 3 N–H and O–H groups in total. The molecular weight excluding hydrogens is 326 g/mol. The highest BCUT2D eigenvalue weighted by atomic mass is 16.2. The zero-order valence-corrected chi connectivity index (χ0v) is 12.9. The van der Waals surface area contributed by atoms with E-state index in [9.17, 15) is 19.2 Å². The molecule has 1 aliphatic heterocycles. The number of aromatic nitrogens is 2. The number of primary amides is 1. The molecule has 9 heteroatoms. The maximum atomic E-state index is 12.1. The molecule has 0 saturated carbocycles. The van der Waals surface area contributed by atoms with E-state index in [2.05, 4.69) is 15.3 Å². The molecule has 0 radical (unpaired) electrons. The number of carbonyl (C=O) groups excluding carboxylic acids is 4. The Morgan fingerprint density at radius 2 is 1.56 bits per heavy atom. The van der Waals surface area contributed by atoms with Gasteiger partial charge in [-0.1, -0.05) is 0 Å². The van der Waals surface area contributed by atoms with Crippen molar-refractivity contribution < 1.29 is 19.2 Å². The Morgan fingerprint density at radius 1 is 1.00 bits per heavy atom. The number of benzene rings is 1.